The molecule has 29 heavy (non-hydrogen) atoms. The Kier molecular flexibility index (Phi) is 4.98. The van der Waals surface area contributed by atoms with Crippen molar-refractivity contribution in [2.75, 3.05) is 32.1 Å². The molecule has 4 rings (SSSR count). The molecule has 0 spiro atoms. The molecule has 0 bridgehead atoms. The molecule has 0 amide bonds. The highest BCUT2D eigenvalue weighted by molar-refractivity contribution is 5.97. The van der Waals surface area contributed by atoms with Crippen LogP contribution in [0.1, 0.15) is 42.6 Å². The van der Waals surface area contributed by atoms with E-state index >= 15 is 4.39 Å². The Bertz CT molecular complexity index is 1030. The summed E-state index contributed by atoms with van der Waals surface area (Å²) in [5.41, 5.74) is -0.201. The van der Waals surface area contributed by atoms with Crippen LogP contribution in [0.15, 0.2) is 17.1 Å². The summed E-state index contributed by atoms with van der Waals surface area (Å²) in [4.78, 5) is 26.3. The van der Waals surface area contributed by atoms with Gasteiger partial charge in [-0.2, -0.15) is 0 Å². The van der Waals surface area contributed by atoms with Crippen LogP contribution in [0.2, 0.25) is 0 Å². The van der Waals surface area contributed by atoms with Gasteiger partial charge in [-0.25, -0.2) is 9.18 Å². The number of methoxy groups -OCH3 is 1. The molecule has 1 aliphatic heterocycles. The van der Waals surface area contributed by atoms with Crippen LogP contribution in [0.4, 0.5) is 10.1 Å². The van der Waals surface area contributed by atoms with Crippen LogP contribution in [0, 0.1) is 11.7 Å². The van der Waals surface area contributed by atoms with Gasteiger partial charge in [0.2, 0.25) is 5.43 Å². The Hall–Kier alpha value is -2.61. The smallest absolute Gasteiger partial charge is 0.341 e. The third kappa shape index (κ3) is 3.25. The minimum atomic E-state index is -1.31. The molecule has 156 valence electrons. The van der Waals surface area contributed by atoms with Gasteiger partial charge in [-0.05, 0) is 45.2 Å². The number of aromatic carboxylic acids is 1. The fraction of sp³-hybridized carbons (Fsp3) is 0.524. The molecule has 1 aliphatic carbocycles. The monoisotopic (exact) mass is 403 g/mol. The zero-order chi connectivity index (χ0) is 20.9. The second kappa shape index (κ2) is 7.33. The predicted molar refractivity (Wildman–Crippen MR) is 109 cm³/mol. The Labute approximate surface area is 168 Å². The number of benzene rings is 1. The zero-order valence-corrected chi connectivity index (χ0v) is 16.9. The molecular formula is C21H26FN3O4. The molecule has 1 saturated carbocycles. The molecule has 2 heterocycles. The third-order valence-corrected chi connectivity index (χ3v) is 6.28. The number of carbonyl (C=O) groups is 1. The largest absolute Gasteiger partial charge is 0.492 e. The standard InChI is InChI=1S/C21H26FN3O4/c1-11(23-2)12-6-7-24(9-12)18-16(22)8-14-17(20(18)29-3)25(13-4-5-13)10-15(19(14)26)21(27)28/h8,10-13,23H,4-7,9H2,1-3H3,(H,27,28)/t11-,12-/m0/s1. The maximum absolute atomic E-state index is 15.3. The van der Waals surface area contributed by atoms with E-state index in [1.807, 2.05) is 11.9 Å². The fourth-order valence-corrected chi connectivity index (χ4v) is 4.36. The van der Waals surface area contributed by atoms with E-state index in [1.165, 1.54) is 19.4 Å². The van der Waals surface area contributed by atoms with E-state index in [0.717, 1.165) is 19.3 Å². The third-order valence-electron chi connectivity index (χ3n) is 6.28. The number of fused-ring (bicyclic) bond motifs is 1. The molecule has 2 N–H and O–H groups in total. The second-order valence-corrected chi connectivity index (χ2v) is 8.02. The topological polar surface area (TPSA) is 83.8 Å². The van der Waals surface area contributed by atoms with Crippen molar-refractivity contribution >= 4 is 22.6 Å². The molecule has 8 heteroatoms. The Morgan fingerprint density at radius 3 is 2.69 bits per heavy atom. The number of hydrogen-bond acceptors (Lipinski definition) is 5. The number of carboxylic acids is 1. The van der Waals surface area contributed by atoms with Crippen LogP contribution < -0.4 is 20.4 Å². The Balaban J connectivity index is 1.93. The van der Waals surface area contributed by atoms with E-state index in [9.17, 15) is 14.7 Å². The molecule has 2 aliphatic rings. The van der Waals surface area contributed by atoms with E-state index in [0.29, 0.717) is 42.0 Å². The quantitative estimate of drug-likeness (QED) is 0.772. The number of nitrogens with one attached hydrogen (secondary N) is 1. The molecule has 2 fully saturated rings. The lowest BCUT2D eigenvalue weighted by Crippen LogP contribution is -2.33. The Morgan fingerprint density at radius 1 is 1.38 bits per heavy atom. The van der Waals surface area contributed by atoms with E-state index < -0.39 is 17.2 Å². The molecular weight excluding hydrogens is 377 g/mol. The van der Waals surface area contributed by atoms with Crippen molar-refractivity contribution in [1.29, 1.82) is 0 Å². The number of rotatable bonds is 6. The predicted octanol–water partition coefficient (Wildman–Crippen LogP) is 2.62. The summed E-state index contributed by atoms with van der Waals surface area (Å²) in [5.74, 6) is -1.19. The highest BCUT2D eigenvalue weighted by Gasteiger charge is 2.34. The lowest BCUT2D eigenvalue weighted by Gasteiger charge is -2.25. The van der Waals surface area contributed by atoms with Crippen molar-refractivity contribution in [3.63, 3.8) is 0 Å². The average molecular weight is 403 g/mol. The molecule has 1 aromatic carbocycles. The van der Waals surface area contributed by atoms with Gasteiger partial charge < -0.3 is 24.6 Å². The first-order valence-corrected chi connectivity index (χ1v) is 9.98. The lowest BCUT2D eigenvalue weighted by atomic mass is 10.0. The van der Waals surface area contributed by atoms with E-state index in [1.54, 1.807) is 4.57 Å². The number of ether oxygens (including phenoxy) is 1. The highest BCUT2D eigenvalue weighted by Crippen LogP contribution is 2.44. The molecule has 2 atom stereocenters. The summed E-state index contributed by atoms with van der Waals surface area (Å²) >= 11 is 0. The van der Waals surface area contributed by atoms with Gasteiger partial charge in [0, 0.05) is 31.4 Å². The SMILES string of the molecule is CN[C@@H](C)[C@H]1CCN(c2c(F)cc3c(=O)c(C(=O)O)cn(C4CC4)c3c2OC)C1. The van der Waals surface area contributed by atoms with Gasteiger partial charge in [-0.3, -0.25) is 4.79 Å². The minimum Gasteiger partial charge on any atom is -0.492 e. The van der Waals surface area contributed by atoms with Crippen molar-refractivity contribution in [2.45, 2.75) is 38.3 Å². The molecule has 2 aromatic rings. The number of carboxylic acid groups (broad SMARTS) is 1. The van der Waals surface area contributed by atoms with Gasteiger partial charge in [-0.1, -0.05) is 0 Å². The van der Waals surface area contributed by atoms with Crippen molar-refractivity contribution < 1.29 is 19.0 Å². The van der Waals surface area contributed by atoms with E-state index in [2.05, 4.69) is 12.2 Å². The van der Waals surface area contributed by atoms with Crippen molar-refractivity contribution in [3.8, 4) is 5.75 Å². The van der Waals surface area contributed by atoms with Gasteiger partial charge >= 0.3 is 5.97 Å². The number of anilines is 1. The first kappa shape index (κ1) is 19.7. The molecule has 0 radical (unpaired) electrons. The molecule has 1 aromatic heterocycles. The van der Waals surface area contributed by atoms with Crippen LogP contribution in [0.3, 0.4) is 0 Å². The zero-order valence-electron chi connectivity index (χ0n) is 16.9. The summed E-state index contributed by atoms with van der Waals surface area (Å²) in [6.07, 6.45) is 4.08. The van der Waals surface area contributed by atoms with Gasteiger partial charge in [0.1, 0.15) is 11.3 Å². The number of nitrogens with zero attached hydrogens (tertiary/aromatic N) is 2. The van der Waals surface area contributed by atoms with Crippen molar-refractivity contribution in [3.05, 3.63) is 33.9 Å². The number of halogens is 1. The normalized spacial score (nSPS) is 20.3. The van der Waals surface area contributed by atoms with Crippen LogP contribution in [-0.2, 0) is 0 Å². The maximum atomic E-state index is 15.3. The second-order valence-electron chi connectivity index (χ2n) is 8.02. The van der Waals surface area contributed by atoms with Crippen LogP contribution >= 0.6 is 0 Å². The summed E-state index contributed by atoms with van der Waals surface area (Å²) in [5, 5.41) is 12.7. The van der Waals surface area contributed by atoms with Crippen LogP contribution in [0.25, 0.3) is 10.9 Å². The van der Waals surface area contributed by atoms with E-state index in [-0.39, 0.29) is 17.0 Å². The Morgan fingerprint density at radius 2 is 2.10 bits per heavy atom. The summed E-state index contributed by atoms with van der Waals surface area (Å²) in [7, 11) is 3.38. The fourth-order valence-electron chi connectivity index (χ4n) is 4.36. The first-order valence-electron chi connectivity index (χ1n) is 9.98. The lowest BCUT2D eigenvalue weighted by molar-refractivity contribution is 0.0695. The van der Waals surface area contributed by atoms with Gasteiger partial charge in [0.05, 0.1) is 18.0 Å². The first-order chi connectivity index (χ1) is 13.9. The summed E-state index contributed by atoms with van der Waals surface area (Å²) < 4.78 is 22.7. The van der Waals surface area contributed by atoms with Crippen molar-refractivity contribution in [1.82, 2.24) is 9.88 Å². The van der Waals surface area contributed by atoms with E-state index in [4.69, 9.17) is 4.74 Å². The van der Waals surface area contributed by atoms with Crippen LogP contribution in [-0.4, -0.2) is 48.9 Å². The molecule has 1 saturated heterocycles. The van der Waals surface area contributed by atoms with Crippen LogP contribution in [0.5, 0.6) is 5.75 Å². The minimum absolute atomic E-state index is 0.0502. The highest BCUT2D eigenvalue weighted by atomic mass is 19.1. The summed E-state index contributed by atoms with van der Waals surface area (Å²) in [6.45, 7) is 3.48. The number of pyridine rings is 1. The summed E-state index contributed by atoms with van der Waals surface area (Å²) in [6, 6.07) is 1.58. The average Bonchev–Trinajstić information content (AvgIpc) is 3.43. The van der Waals surface area contributed by atoms with Gasteiger partial charge in [-0.15, -0.1) is 0 Å². The van der Waals surface area contributed by atoms with Gasteiger partial charge in [0.25, 0.3) is 0 Å². The van der Waals surface area contributed by atoms with Crippen molar-refractivity contribution in [2.24, 2.45) is 5.92 Å². The maximum Gasteiger partial charge on any atom is 0.341 e. The number of hydrogen-bond donors (Lipinski definition) is 2. The number of aromatic nitrogens is 1. The molecule has 7 nitrogen and oxygen atoms in total. The molecule has 0 unspecified atom stereocenters. The van der Waals surface area contributed by atoms with Gasteiger partial charge in [0.15, 0.2) is 11.6 Å².